The van der Waals surface area contributed by atoms with Crippen LogP contribution in [0.5, 0.6) is 0 Å². The van der Waals surface area contributed by atoms with E-state index in [1.165, 1.54) is 13.4 Å². The predicted octanol–water partition coefficient (Wildman–Crippen LogP) is 4.30. The molecule has 1 amide bonds. The van der Waals surface area contributed by atoms with Gasteiger partial charge < -0.3 is 4.74 Å². The summed E-state index contributed by atoms with van der Waals surface area (Å²) in [6.45, 7) is -0.0479. The van der Waals surface area contributed by atoms with Crippen molar-refractivity contribution in [3.8, 4) is 0 Å². The van der Waals surface area contributed by atoms with Crippen molar-refractivity contribution in [2.45, 2.75) is 18.5 Å². The van der Waals surface area contributed by atoms with Crippen molar-refractivity contribution in [1.29, 1.82) is 0 Å². The summed E-state index contributed by atoms with van der Waals surface area (Å²) in [6, 6.07) is 14.7. The van der Waals surface area contributed by atoms with E-state index >= 15 is 0 Å². The molecule has 0 saturated carbocycles. The zero-order valence-corrected chi connectivity index (χ0v) is 16.6. The lowest BCUT2D eigenvalue weighted by Crippen LogP contribution is -2.44. The lowest BCUT2D eigenvalue weighted by molar-refractivity contribution is -0.123. The van der Waals surface area contributed by atoms with E-state index in [-0.39, 0.29) is 24.6 Å². The Morgan fingerprint density at radius 1 is 1.14 bits per heavy atom. The largest absolute Gasteiger partial charge is 0.375 e. The van der Waals surface area contributed by atoms with Crippen molar-refractivity contribution in [3.05, 3.63) is 76.0 Å². The Kier molecular flexibility index (Phi) is 5.35. The lowest BCUT2D eigenvalue weighted by atomic mass is 9.92. The third-order valence-corrected chi connectivity index (χ3v) is 5.47. The second-order valence-electron chi connectivity index (χ2n) is 6.54. The van der Waals surface area contributed by atoms with Crippen molar-refractivity contribution >= 4 is 35.1 Å². The van der Waals surface area contributed by atoms with Gasteiger partial charge in [-0.2, -0.15) is 10.1 Å². The van der Waals surface area contributed by atoms with E-state index in [1.807, 2.05) is 48.5 Å². The van der Waals surface area contributed by atoms with Crippen molar-refractivity contribution in [1.82, 2.24) is 14.8 Å². The summed E-state index contributed by atoms with van der Waals surface area (Å²) < 4.78 is 6.84. The summed E-state index contributed by atoms with van der Waals surface area (Å²) in [6.07, 6.45) is 2.05. The average molecular weight is 417 g/mol. The molecule has 2 unspecified atom stereocenters. The minimum atomic E-state index is -0.252. The SMILES string of the molecule is COCC(=O)N1c2ncnn2C(c2ccccc2Cl)CC1c1ccc(Cl)cc1. The number of carbonyl (C=O) groups is 1. The standard InChI is InChI=1S/C20H18Cl2N4O2/c1-28-11-19(27)25-17(13-6-8-14(21)9-7-13)10-18(26-20(25)23-12-24-26)15-4-2-3-5-16(15)22/h2-9,12,17-18H,10-11H2,1H3. The number of aromatic nitrogens is 3. The number of halogens is 2. The normalized spacial score (nSPS) is 18.8. The van der Waals surface area contributed by atoms with Gasteiger partial charge >= 0.3 is 0 Å². The molecule has 4 rings (SSSR count). The van der Waals surface area contributed by atoms with Gasteiger partial charge in [0.25, 0.3) is 5.91 Å². The Morgan fingerprint density at radius 2 is 1.89 bits per heavy atom. The van der Waals surface area contributed by atoms with E-state index in [2.05, 4.69) is 10.1 Å². The van der Waals surface area contributed by atoms with Crippen LogP contribution in [0.1, 0.15) is 29.6 Å². The van der Waals surface area contributed by atoms with Crippen LogP contribution in [0.4, 0.5) is 5.95 Å². The number of ether oxygens (including phenoxy) is 1. The number of fused-ring (bicyclic) bond motifs is 1. The van der Waals surface area contributed by atoms with Crippen LogP contribution in [0.15, 0.2) is 54.9 Å². The van der Waals surface area contributed by atoms with E-state index in [4.69, 9.17) is 27.9 Å². The molecule has 2 atom stereocenters. The second-order valence-corrected chi connectivity index (χ2v) is 7.39. The maximum absolute atomic E-state index is 12.9. The summed E-state index contributed by atoms with van der Waals surface area (Å²) in [5, 5.41) is 5.67. The highest BCUT2D eigenvalue weighted by molar-refractivity contribution is 6.31. The van der Waals surface area contributed by atoms with Crippen LogP contribution in [0.25, 0.3) is 0 Å². The number of methoxy groups -OCH3 is 1. The van der Waals surface area contributed by atoms with Gasteiger partial charge in [-0.05, 0) is 35.7 Å². The first kappa shape index (κ1) is 18.9. The fourth-order valence-corrected chi connectivity index (χ4v) is 4.03. The highest BCUT2D eigenvalue weighted by Gasteiger charge is 2.39. The monoisotopic (exact) mass is 416 g/mol. The molecule has 1 aromatic heterocycles. The number of carbonyl (C=O) groups excluding carboxylic acids is 1. The fourth-order valence-electron chi connectivity index (χ4n) is 3.64. The first-order valence-corrected chi connectivity index (χ1v) is 9.56. The third kappa shape index (κ3) is 3.39. The Balaban J connectivity index is 1.84. The van der Waals surface area contributed by atoms with Crippen LogP contribution in [0.2, 0.25) is 10.0 Å². The molecular weight excluding hydrogens is 399 g/mol. The van der Waals surface area contributed by atoms with Gasteiger partial charge in [0, 0.05) is 17.2 Å². The second kappa shape index (κ2) is 7.91. The van der Waals surface area contributed by atoms with E-state index in [0.29, 0.717) is 22.4 Å². The molecule has 2 aromatic carbocycles. The molecule has 0 aliphatic carbocycles. The smallest absolute Gasteiger partial charge is 0.255 e. The summed E-state index contributed by atoms with van der Waals surface area (Å²) in [4.78, 5) is 18.9. The minimum Gasteiger partial charge on any atom is -0.375 e. The Hall–Kier alpha value is -2.41. The fraction of sp³-hybridized carbons (Fsp3) is 0.250. The third-order valence-electron chi connectivity index (χ3n) is 4.88. The van der Waals surface area contributed by atoms with Crippen molar-refractivity contribution < 1.29 is 9.53 Å². The molecule has 1 aliphatic rings. The number of rotatable bonds is 4. The molecule has 3 aromatic rings. The van der Waals surface area contributed by atoms with Crippen molar-refractivity contribution in [2.75, 3.05) is 18.6 Å². The first-order chi connectivity index (χ1) is 13.6. The van der Waals surface area contributed by atoms with Gasteiger partial charge in [0.15, 0.2) is 0 Å². The number of benzene rings is 2. The van der Waals surface area contributed by atoms with Crippen molar-refractivity contribution in [2.24, 2.45) is 0 Å². The molecule has 0 N–H and O–H groups in total. The highest BCUT2D eigenvalue weighted by atomic mass is 35.5. The summed E-state index contributed by atoms with van der Waals surface area (Å²) in [5.41, 5.74) is 1.90. The average Bonchev–Trinajstić information content (AvgIpc) is 3.18. The van der Waals surface area contributed by atoms with Crippen LogP contribution in [-0.2, 0) is 9.53 Å². The highest BCUT2D eigenvalue weighted by Crippen LogP contribution is 2.43. The van der Waals surface area contributed by atoms with E-state index in [9.17, 15) is 4.79 Å². The summed E-state index contributed by atoms with van der Waals surface area (Å²) >= 11 is 12.5. The van der Waals surface area contributed by atoms with Crippen LogP contribution in [0, 0.1) is 0 Å². The Labute approximate surface area is 172 Å². The topological polar surface area (TPSA) is 60.2 Å². The molecule has 144 valence electrons. The van der Waals surface area contributed by atoms with Gasteiger partial charge in [0.05, 0.1) is 12.1 Å². The molecule has 6 nitrogen and oxygen atoms in total. The van der Waals surface area contributed by atoms with Crippen LogP contribution in [0.3, 0.4) is 0 Å². The number of anilines is 1. The molecule has 0 radical (unpaired) electrons. The number of hydrogen-bond donors (Lipinski definition) is 0. The van der Waals surface area contributed by atoms with Gasteiger partial charge in [0.2, 0.25) is 5.95 Å². The molecular formula is C20H18Cl2N4O2. The summed E-state index contributed by atoms with van der Waals surface area (Å²) in [7, 11) is 1.50. The van der Waals surface area contributed by atoms with Crippen LogP contribution in [-0.4, -0.2) is 34.4 Å². The van der Waals surface area contributed by atoms with Crippen LogP contribution < -0.4 is 4.90 Å². The van der Waals surface area contributed by atoms with E-state index in [1.54, 1.807) is 9.58 Å². The molecule has 0 saturated heterocycles. The van der Waals surface area contributed by atoms with Crippen LogP contribution >= 0.6 is 23.2 Å². The molecule has 0 spiro atoms. The van der Waals surface area contributed by atoms with Gasteiger partial charge in [0.1, 0.15) is 12.9 Å². The van der Waals surface area contributed by atoms with Gasteiger partial charge in [-0.15, -0.1) is 0 Å². The predicted molar refractivity (Wildman–Crippen MR) is 108 cm³/mol. The number of amides is 1. The van der Waals surface area contributed by atoms with Gasteiger partial charge in [-0.1, -0.05) is 53.5 Å². The number of nitrogens with zero attached hydrogens (tertiary/aromatic N) is 4. The Morgan fingerprint density at radius 3 is 2.61 bits per heavy atom. The molecule has 8 heteroatoms. The molecule has 0 fully saturated rings. The maximum atomic E-state index is 12.9. The lowest BCUT2D eigenvalue weighted by Gasteiger charge is -2.39. The Bertz CT molecular complexity index is 990. The molecule has 28 heavy (non-hydrogen) atoms. The molecule has 1 aliphatic heterocycles. The maximum Gasteiger partial charge on any atom is 0.255 e. The van der Waals surface area contributed by atoms with Gasteiger partial charge in [-0.25, -0.2) is 4.68 Å². The van der Waals surface area contributed by atoms with E-state index in [0.717, 1.165) is 11.1 Å². The first-order valence-electron chi connectivity index (χ1n) is 8.80. The number of hydrogen-bond acceptors (Lipinski definition) is 4. The van der Waals surface area contributed by atoms with Crippen molar-refractivity contribution in [3.63, 3.8) is 0 Å². The summed E-state index contributed by atoms with van der Waals surface area (Å²) in [5.74, 6) is 0.285. The molecule has 0 bridgehead atoms. The zero-order chi connectivity index (χ0) is 19.7. The quantitative estimate of drug-likeness (QED) is 0.635. The van der Waals surface area contributed by atoms with Gasteiger partial charge in [-0.3, -0.25) is 9.69 Å². The minimum absolute atomic E-state index is 0.0479. The molecule has 2 heterocycles. The van der Waals surface area contributed by atoms with E-state index < -0.39 is 0 Å². The zero-order valence-electron chi connectivity index (χ0n) is 15.1.